The molecule has 0 radical (unpaired) electrons. The zero-order valence-corrected chi connectivity index (χ0v) is 23.3. The molecule has 0 saturated heterocycles. The van der Waals surface area contributed by atoms with Crippen LogP contribution in [0.15, 0.2) is 47.2 Å². The number of allylic oxidation sites excluding steroid dienone is 2. The molecule has 0 spiro atoms. The number of nitrogens with one attached hydrogen (secondary N) is 1. The highest BCUT2D eigenvalue weighted by Crippen LogP contribution is 2.45. The number of benzene rings is 1. The van der Waals surface area contributed by atoms with Gasteiger partial charge in [0.05, 0.1) is 40.8 Å². The second-order valence-electron chi connectivity index (χ2n) is 11.7. The first-order chi connectivity index (χ1) is 17.9. The minimum atomic E-state index is -1.60. The summed E-state index contributed by atoms with van der Waals surface area (Å²) in [5.74, 6) is -1.23. The van der Waals surface area contributed by atoms with Gasteiger partial charge in [-0.15, -0.1) is 0 Å². The first-order valence-electron chi connectivity index (χ1n) is 13.2. The lowest BCUT2D eigenvalue weighted by Crippen LogP contribution is -2.49. The molecule has 4 unspecified atom stereocenters. The van der Waals surface area contributed by atoms with Crippen molar-refractivity contribution in [2.45, 2.75) is 95.7 Å². The first-order valence-corrected chi connectivity index (χ1v) is 13.2. The number of aliphatic hydroxyl groups excluding tert-OH is 2. The second-order valence-corrected chi connectivity index (χ2v) is 11.7. The number of nitrogens with zero attached hydrogens (tertiary/aromatic N) is 1. The molecule has 10 nitrogen and oxygen atoms in total. The minimum Gasteiger partial charge on any atom is -0.508 e. The SMILES string of the molecule is C/C(=C\CCC(C)(O)C(O)CN1C(=O)C2=C(Nc3c(O)cc(O)cc31)C(C)(O)CC=C2)CCC(O)C(C)(C)O. The van der Waals surface area contributed by atoms with Gasteiger partial charge in [-0.05, 0) is 66.7 Å². The van der Waals surface area contributed by atoms with Crippen LogP contribution in [0.1, 0.15) is 66.7 Å². The van der Waals surface area contributed by atoms with Crippen molar-refractivity contribution >= 4 is 17.3 Å². The van der Waals surface area contributed by atoms with Crippen molar-refractivity contribution in [1.29, 1.82) is 0 Å². The topological polar surface area (TPSA) is 174 Å². The van der Waals surface area contributed by atoms with Crippen molar-refractivity contribution in [1.82, 2.24) is 0 Å². The summed E-state index contributed by atoms with van der Waals surface area (Å²) in [6.07, 6.45) is 4.61. The van der Waals surface area contributed by atoms with E-state index in [0.29, 0.717) is 19.3 Å². The lowest BCUT2D eigenvalue weighted by Gasteiger charge is -2.34. The van der Waals surface area contributed by atoms with Crippen LogP contribution in [0.5, 0.6) is 11.5 Å². The number of phenols is 2. The van der Waals surface area contributed by atoms with E-state index in [4.69, 9.17) is 0 Å². The summed E-state index contributed by atoms with van der Waals surface area (Å²) in [5.41, 5.74) is -2.75. The standard InChI is InChI=1S/C29H42N2O8/c1-17(10-11-22(34)27(2,3)37)8-6-12-28(4,38)23(35)16-31-20-14-18(32)15-21(33)24(20)30-25-19(26(31)36)9-7-13-29(25,5)39/h7-9,14-15,22-23,30,32-35,37-39H,6,10-13,16H2,1-5H3/b17-8+. The van der Waals surface area contributed by atoms with Crippen LogP contribution < -0.4 is 10.2 Å². The Bertz CT molecular complexity index is 1180. The van der Waals surface area contributed by atoms with E-state index in [-0.39, 0.29) is 53.5 Å². The molecule has 1 amide bonds. The highest BCUT2D eigenvalue weighted by atomic mass is 16.3. The molecule has 39 heavy (non-hydrogen) atoms. The maximum Gasteiger partial charge on any atom is 0.260 e. The van der Waals surface area contributed by atoms with Gasteiger partial charge >= 0.3 is 0 Å². The maximum atomic E-state index is 13.7. The smallest absolute Gasteiger partial charge is 0.260 e. The van der Waals surface area contributed by atoms with Gasteiger partial charge in [-0.1, -0.05) is 23.8 Å². The number of carbonyl (C=O) groups excluding carboxylic acids is 1. The van der Waals surface area contributed by atoms with E-state index < -0.39 is 34.9 Å². The van der Waals surface area contributed by atoms with E-state index in [1.165, 1.54) is 17.9 Å². The molecule has 8 N–H and O–H groups in total. The van der Waals surface area contributed by atoms with E-state index in [9.17, 15) is 40.5 Å². The van der Waals surface area contributed by atoms with Gasteiger partial charge in [0.2, 0.25) is 0 Å². The van der Waals surface area contributed by atoms with Crippen LogP contribution >= 0.6 is 0 Å². The van der Waals surface area contributed by atoms with Crippen LogP contribution in [0.2, 0.25) is 0 Å². The van der Waals surface area contributed by atoms with E-state index >= 15 is 0 Å². The molecule has 1 heterocycles. The molecule has 4 atom stereocenters. The summed E-state index contributed by atoms with van der Waals surface area (Å²) < 4.78 is 0. The van der Waals surface area contributed by atoms with Gasteiger partial charge in [0, 0.05) is 12.1 Å². The molecule has 1 aromatic rings. The van der Waals surface area contributed by atoms with Gasteiger partial charge in [-0.25, -0.2) is 0 Å². The number of aliphatic hydroxyl groups is 5. The van der Waals surface area contributed by atoms with Crippen molar-refractivity contribution in [2.75, 3.05) is 16.8 Å². The van der Waals surface area contributed by atoms with Crippen LogP contribution in [0.4, 0.5) is 11.4 Å². The van der Waals surface area contributed by atoms with Gasteiger partial charge in [0.15, 0.2) is 0 Å². The molecule has 216 valence electrons. The van der Waals surface area contributed by atoms with Crippen LogP contribution in [0.3, 0.4) is 0 Å². The summed E-state index contributed by atoms with van der Waals surface area (Å²) in [5, 5.41) is 76.7. The highest BCUT2D eigenvalue weighted by Gasteiger charge is 2.41. The second kappa shape index (κ2) is 11.3. The van der Waals surface area contributed by atoms with Crippen molar-refractivity contribution < 1.29 is 40.5 Å². The summed E-state index contributed by atoms with van der Waals surface area (Å²) in [4.78, 5) is 14.9. The first kappa shape index (κ1) is 30.6. The maximum absolute atomic E-state index is 13.7. The lowest BCUT2D eigenvalue weighted by molar-refractivity contribution is -0.116. The van der Waals surface area contributed by atoms with E-state index in [2.05, 4.69) is 5.32 Å². The molecule has 10 heteroatoms. The summed E-state index contributed by atoms with van der Waals surface area (Å²) in [6, 6.07) is 2.38. The van der Waals surface area contributed by atoms with E-state index in [1.807, 2.05) is 13.0 Å². The average molecular weight is 547 g/mol. The predicted octanol–water partition coefficient (Wildman–Crippen LogP) is 2.57. The number of hydrogen-bond acceptors (Lipinski definition) is 9. The number of amides is 1. The number of aromatic hydroxyl groups is 2. The number of phenolic OH excluding ortho intramolecular Hbond substituents is 2. The molecule has 0 fully saturated rings. The van der Waals surface area contributed by atoms with Gasteiger partial charge in [0.1, 0.15) is 28.9 Å². The number of rotatable bonds is 10. The Morgan fingerprint density at radius 3 is 2.49 bits per heavy atom. The van der Waals surface area contributed by atoms with Gasteiger partial charge in [-0.3, -0.25) is 4.79 Å². The molecule has 0 saturated carbocycles. The van der Waals surface area contributed by atoms with E-state index in [0.717, 1.165) is 11.6 Å². The quantitative estimate of drug-likeness (QED) is 0.125. The number of carbonyl (C=O) groups is 1. The molecule has 1 aliphatic carbocycles. The van der Waals surface area contributed by atoms with Crippen LogP contribution in [0, 0.1) is 0 Å². The number of anilines is 2. The Labute approximate surface area is 229 Å². The van der Waals surface area contributed by atoms with Crippen molar-refractivity contribution in [2.24, 2.45) is 0 Å². The van der Waals surface area contributed by atoms with Crippen LogP contribution in [0.25, 0.3) is 0 Å². The van der Waals surface area contributed by atoms with Crippen molar-refractivity contribution in [3.05, 3.63) is 47.2 Å². The van der Waals surface area contributed by atoms with Gasteiger partial charge in [0.25, 0.3) is 5.91 Å². The van der Waals surface area contributed by atoms with Crippen molar-refractivity contribution in [3.8, 4) is 11.5 Å². The third-order valence-electron chi connectivity index (χ3n) is 7.55. The summed E-state index contributed by atoms with van der Waals surface area (Å²) >= 11 is 0. The molecular formula is C29H42N2O8. The minimum absolute atomic E-state index is 0.0837. The Morgan fingerprint density at radius 2 is 1.85 bits per heavy atom. The lowest BCUT2D eigenvalue weighted by atomic mass is 9.88. The average Bonchev–Trinajstić information content (AvgIpc) is 2.92. The van der Waals surface area contributed by atoms with Gasteiger partial charge in [-0.2, -0.15) is 0 Å². The van der Waals surface area contributed by atoms with E-state index in [1.54, 1.807) is 32.9 Å². The fourth-order valence-electron chi connectivity index (χ4n) is 4.73. The summed E-state index contributed by atoms with van der Waals surface area (Å²) in [7, 11) is 0. The number of hydrogen-bond donors (Lipinski definition) is 8. The Balaban J connectivity index is 1.80. The molecule has 2 aliphatic rings. The Hall–Kier alpha value is -2.89. The van der Waals surface area contributed by atoms with Crippen LogP contribution in [-0.4, -0.2) is 77.2 Å². The Kier molecular flexibility index (Phi) is 8.88. The summed E-state index contributed by atoms with van der Waals surface area (Å²) in [6.45, 7) is 7.64. The fourth-order valence-corrected chi connectivity index (χ4v) is 4.73. The molecule has 1 aromatic carbocycles. The molecule has 0 bridgehead atoms. The third kappa shape index (κ3) is 7.01. The molecule has 1 aliphatic heterocycles. The molecule has 0 aromatic heterocycles. The fraction of sp³-hybridized carbons (Fsp3) is 0.552. The predicted molar refractivity (Wildman–Crippen MR) is 148 cm³/mol. The number of fused-ring (bicyclic) bond motifs is 1. The Morgan fingerprint density at radius 1 is 1.18 bits per heavy atom. The van der Waals surface area contributed by atoms with Crippen molar-refractivity contribution in [3.63, 3.8) is 0 Å². The van der Waals surface area contributed by atoms with Gasteiger partial charge < -0.3 is 46.0 Å². The largest absolute Gasteiger partial charge is 0.508 e. The molecular weight excluding hydrogens is 504 g/mol. The van der Waals surface area contributed by atoms with Crippen LogP contribution in [-0.2, 0) is 4.79 Å². The highest BCUT2D eigenvalue weighted by molar-refractivity contribution is 6.12. The monoisotopic (exact) mass is 546 g/mol. The zero-order valence-electron chi connectivity index (χ0n) is 23.3. The third-order valence-corrected chi connectivity index (χ3v) is 7.55. The normalized spacial score (nSPS) is 23.0. The zero-order chi connectivity index (χ0) is 29.3. The molecule has 3 rings (SSSR count). The number of β-amino-alcohol motifs (C(OH)–C–C–N with tert-alkyl or cyclic N) is 1.